The van der Waals surface area contributed by atoms with Gasteiger partial charge in [-0.1, -0.05) is 25.4 Å². The summed E-state index contributed by atoms with van der Waals surface area (Å²) in [5.74, 6) is 1.88. The van der Waals surface area contributed by atoms with Gasteiger partial charge in [0.1, 0.15) is 16.0 Å². The van der Waals surface area contributed by atoms with Crippen LogP contribution < -0.4 is 0 Å². The van der Waals surface area contributed by atoms with Gasteiger partial charge in [-0.2, -0.15) is 0 Å². The van der Waals surface area contributed by atoms with Gasteiger partial charge in [-0.05, 0) is 12.8 Å². The Morgan fingerprint density at radius 2 is 2.12 bits per heavy atom. The normalized spacial score (nSPS) is 12.8. The molecule has 0 radical (unpaired) electrons. The number of thioether (sulfide) groups is 1. The Morgan fingerprint density at radius 3 is 2.69 bits per heavy atom. The number of halogens is 1. The smallest absolute Gasteiger partial charge is 0.136 e. The number of aryl methyl sites for hydroxylation is 1. The molecule has 0 amide bonds. The molecule has 0 saturated carbocycles. The third-order valence-corrected chi connectivity index (χ3v) is 4.00. The van der Waals surface area contributed by atoms with Crippen LogP contribution in [0.15, 0.2) is 5.03 Å². The molecule has 5 heteroatoms. The Hall–Kier alpha value is -0.320. The molecule has 1 rings (SSSR count). The monoisotopic (exact) mass is 260 g/mol. The van der Waals surface area contributed by atoms with Crippen molar-refractivity contribution in [2.24, 2.45) is 5.92 Å². The van der Waals surface area contributed by atoms with Gasteiger partial charge in [0.15, 0.2) is 0 Å². The second-order valence-electron chi connectivity index (χ2n) is 3.81. The van der Waals surface area contributed by atoms with Crippen molar-refractivity contribution in [3.8, 4) is 0 Å². The molecule has 90 valence electrons. The van der Waals surface area contributed by atoms with Gasteiger partial charge in [0, 0.05) is 24.3 Å². The zero-order valence-corrected chi connectivity index (χ0v) is 11.4. The van der Waals surface area contributed by atoms with E-state index in [1.54, 1.807) is 11.8 Å². The maximum absolute atomic E-state index is 8.97. The quantitative estimate of drug-likeness (QED) is 0.653. The summed E-state index contributed by atoms with van der Waals surface area (Å²) >= 11 is 7.66. The largest absolute Gasteiger partial charge is 0.396 e. The highest BCUT2D eigenvalue weighted by molar-refractivity contribution is 7.99. The molecule has 0 bridgehead atoms. The Balaban J connectivity index is 2.82. The second-order valence-corrected chi connectivity index (χ2v) is 5.18. The molecule has 1 aromatic rings. The first-order chi connectivity index (χ1) is 7.58. The maximum atomic E-state index is 8.97. The molecule has 0 aromatic carbocycles. The fourth-order valence-electron chi connectivity index (χ4n) is 1.08. The third kappa shape index (κ3) is 3.61. The summed E-state index contributed by atoms with van der Waals surface area (Å²) in [4.78, 5) is 8.63. The van der Waals surface area contributed by atoms with Crippen LogP contribution in [0, 0.1) is 12.8 Å². The number of aliphatic hydroxyl groups is 1. The van der Waals surface area contributed by atoms with Crippen LogP contribution in [0.5, 0.6) is 0 Å². The van der Waals surface area contributed by atoms with Crippen LogP contribution in [0.1, 0.15) is 25.2 Å². The molecule has 1 atom stereocenters. The third-order valence-electron chi connectivity index (χ3n) is 2.22. The maximum Gasteiger partial charge on any atom is 0.136 e. The van der Waals surface area contributed by atoms with Crippen LogP contribution in [0.3, 0.4) is 0 Å². The zero-order valence-electron chi connectivity index (χ0n) is 9.83. The summed E-state index contributed by atoms with van der Waals surface area (Å²) in [5, 5.41) is 10.4. The van der Waals surface area contributed by atoms with Gasteiger partial charge in [0.05, 0.1) is 0 Å². The summed E-state index contributed by atoms with van der Waals surface area (Å²) in [5.41, 5.74) is 0.925. The summed E-state index contributed by atoms with van der Waals surface area (Å²) in [6.07, 6.45) is 0.781. The van der Waals surface area contributed by atoms with Crippen molar-refractivity contribution in [1.29, 1.82) is 0 Å². The zero-order chi connectivity index (χ0) is 12.1. The molecule has 3 nitrogen and oxygen atoms in total. The van der Waals surface area contributed by atoms with Gasteiger partial charge in [-0.25, -0.2) is 9.97 Å². The van der Waals surface area contributed by atoms with Gasteiger partial charge in [0.2, 0.25) is 0 Å². The molecule has 0 aliphatic heterocycles. The Bertz CT molecular complexity index is 360. The minimum Gasteiger partial charge on any atom is -0.396 e. The molecule has 1 unspecified atom stereocenters. The molecule has 0 spiro atoms. The standard InChI is InChI=1S/C11H17ClN2OS/c1-4-9-13-10(12)8(3)11(14-9)16-6-7(2)5-15/h7,15H,4-6H2,1-3H3. The molecule has 1 heterocycles. The van der Waals surface area contributed by atoms with E-state index in [2.05, 4.69) is 9.97 Å². The predicted molar refractivity (Wildman–Crippen MR) is 68.1 cm³/mol. The minimum atomic E-state index is 0.200. The molecular weight excluding hydrogens is 244 g/mol. The van der Waals surface area contributed by atoms with Crippen LogP contribution >= 0.6 is 23.4 Å². The van der Waals surface area contributed by atoms with Crippen molar-refractivity contribution in [2.45, 2.75) is 32.2 Å². The molecular formula is C11H17ClN2OS. The van der Waals surface area contributed by atoms with E-state index in [0.717, 1.165) is 28.6 Å². The summed E-state index contributed by atoms with van der Waals surface area (Å²) in [7, 11) is 0. The van der Waals surface area contributed by atoms with E-state index in [9.17, 15) is 0 Å². The summed E-state index contributed by atoms with van der Waals surface area (Å²) in [6.45, 7) is 6.14. The Labute approximate surface area is 106 Å². The van der Waals surface area contributed by atoms with Gasteiger partial charge >= 0.3 is 0 Å². The highest BCUT2D eigenvalue weighted by atomic mass is 35.5. The van der Waals surface area contributed by atoms with Crippen molar-refractivity contribution in [1.82, 2.24) is 9.97 Å². The van der Waals surface area contributed by atoms with Crippen molar-refractivity contribution in [3.63, 3.8) is 0 Å². The van der Waals surface area contributed by atoms with Crippen molar-refractivity contribution >= 4 is 23.4 Å². The predicted octanol–water partition coefficient (Wildman–Crippen LogP) is 2.72. The molecule has 0 aliphatic rings. The summed E-state index contributed by atoms with van der Waals surface area (Å²) in [6, 6.07) is 0. The van der Waals surface area contributed by atoms with Crippen molar-refractivity contribution in [3.05, 3.63) is 16.5 Å². The first-order valence-electron chi connectivity index (χ1n) is 5.35. The number of hydrogen-bond acceptors (Lipinski definition) is 4. The lowest BCUT2D eigenvalue weighted by Gasteiger charge is -2.10. The van der Waals surface area contributed by atoms with E-state index in [1.165, 1.54) is 0 Å². The van der Waals surface area contributed by atoms with Crippen LogP contribution in [-0.2, 0) is 6.42 Å². The van der Waals surface area contributed by atoms with E-state index in [-0.39, 0.29) is 12.5 Å². The average Bonchev–Trinajstić information content (AvgIpc) is 2.30. The highest BCUT2D eigenvalue weighted by Crippen LogP contribution is 2.26. The topological polar surface area (TPSA) is 46.0 Å². The van der Waals surface area contributed by atoms with E-state index in [0.29, 0.717) is 5.15 Å². The number of aromatic nitrogens is 2. The van der Waals surface area contributed by atoms with Crippen LogP contribution in [0.4, 0.5) is 0 Å². The number of hydrogen-bond donors (Lipinski definition) is 1. The molecule has 0 aliphatic carbocycles. The molecule has 16 heavy (non-hydrogen) atoms. The Kier molecular flexibility index (Phi) is 5.52. The lowest BCUT2D eigenvalue weighted by Crippen LogP contribution is -2.05. The minimum absolute atomic E-state index is 0.200. The van der Waals surface area contributed by atoms with Gasteiger partial charge in [-0.15, -0.1) is 11.8 Å². The molecule has 1 N–H and O–H groups in total. The average molecular weight is 261 g/mol. The highest BCUT2D eigenvalue weighted by Gasteiger charge is 2.10. The second kappa shape index (κ2) is 6.42. The first-order valence-corrected chi connectivity index (χ1v) is 6.71. The van der Waals surface area contributed by atoms with E-state index in [4.69, 9.17) is 16.7 Å². The van der Waals surface area contributed by atoms with Crippen LogP contribution in [-0.4, -0.2) is 27.4 Å². The van der Waals surface area contributed by atoms with Gasteiger partial charge < -0.3 is 5.11 Å². The molecule has 0 saturated heterocycles. The van der Waals surface area contributed by atoms with Crippen LogP contribution in [0.25, 0.3) is 0 Å². The number of nitrogens with zero attached hydrogens (tertiary/aromatic N) is 2. The fourth-order valence-corrected chi connectivity index (χ4v) is 2.36. The van der Waals surface area contributed by atoms with E-state index in [1.807, 2.05) is 20.8 Å². The molecule has 0 fully saturated rings. The fraction of sp³-hybridized carbons (Fsp3) is 0.636. The van der Waals surface area contributed by atoms with E-state index < -0.39 is 0 Å². The summed E-state index contributed by atoms with van der Waals surface area (Å²) < 4.78 is 0. The molecule has 1 aromatic heterocycles. The number of aliphatic hydroxyl groups excluding tert-OH is 1. The lowest BCUT2D eigenvalue weighted by atomic mass is 10.2. The SMILES string of the molecule is CCc1nc(Cl)c(C)c(SCC(C)CO)n1. The van der Waals surface area contributed by atoms with Crippen LogP contribution in [0.2, 0.25) is 5.15 Å². The number of rotatable bonds is 5. The Morgan fingerprint density at radius 1 is 1.44 bits per heavy atom. The van der Waals surface area contributed by atoms with Gasteiger partial charge in [-0.3, -0.25) is 0 Å². The van der Waals surface area contributed by atoms with Gasteiger partial charge in [0.25, 0.3) is 0 Å². The van der Waals surface area contributed by atoms with E-state index >= 15 is 0 Å². The first kappa shape index (κ1) is 13.7. The lowest BCUT2D eigenvalue weighted by molar-refractivity contribution is 0.250. The van der Waals surface area contributed by atoms with Crippen molar-refractivity contribution in [2.75, 3.05) is 12.4 Å². The van der Waals surface area contributed by atoms with Crippen molar-refractivity contribution < 1.29 is 5.11 Å².